The highest BCUT2D eigenvalue weighted by Gasteiger charge is 2.53. The Morgan fingerprint density at radius 3 is 1.38 bits per heavy atom. The number of furan rings is 1. The Bertz CT molecular complexity index is 4420. The van der Waals surface area contributed by atoms with Gasteiger partial charge in [-0.1, -0.05) is 217 Å². The lowest BCUT2D eigenvalue weighted by atomic mass is 9.68. The molecule has 0 saturated heterocycles. The molecule has 78 heavy (non-hydrogen) atoms. The van der Waals surface area contributed by atoms with E-state index in [-0.39, 0.29) is 10.8 Å². The average Bonchev–Trinajstić information content (AvgIpc) is 4.39. The number of anilines is 3. The van der Waals surface area contributed by atoms with E-state index in [1.165, 1.54) is 94.1 Å². The van der Waals surface area contributed by atoms with E-state index in [1.54, 1.807) is 0 Å². The molecule has 11 aromatic carbocycles. The molecule has 0 atom stereocenters. The van der Waals surface area contributed by atoms with Crippen molar-refractivity contribution in [3.8, 4) is 50.2 Å². The number of fused-ring (bicyclic) bond motifs is 17. The average molecular weight is 1000 g/mol. The van der Waals surface area contributed by atoms with Crippen molar-refractivity contribution in [3.05, 3.63) is 276 Å². The van der Waals surface area contributed by atoms with Gasteiger partial charge in [-0.2, -0.15) is 0 Å². The topological polar surface area (TPSA) is 21.3 Å². The van der Waals surface area contributed by atoms with Crippen molar-refractivity contribution >= 4 is 60.8 Å². The quantitative estimate of drug-likeness (QED) is 0.166. The SMILES string of the molecule is CC(C)(C)c1ccc2c(c1)C1(c3cc(C(C)(C)C)ccc3-2)c2cc(N(c3ccc(-c4ccccc4)cc3)c3ccc(-c4ccc(-n5c6ccccc6c6ccccc65)cc4)cc3)ccc2-c2c1ccc1c2oc2ccccc21. The first kappa shape index (κ1) is 46.1. The van der Waals surface area contributed by atoms with Crippen LogP contribution in [0, 0.1) is 0 Å². The minimum atomic E-state index is -0.640. The molecule has 0 fully saturated rings. The number of para-hydroxylation sites is 3. The van der Waals surface area contributed by atoms with Gasteiger partial charge in [-0.15, -0.1) is 0 Å². The molecule has 2 aliphatic carbocycles. The van der Waals surface area contributed by atoms with Gasteiger partial charge in [-0.3, -0.25) is 0 Å². The van der Waals surface area contributed by atoms with E-state index in [9.17, 15) is 0 Å². The summed E-state index contributed by atoms with van der Waals surface area (Å²) in [6.07, 6.45) is 0. The Labute approximate surface area is 456 Å². The Balaban J connectivity index is 0.931. The van der Waals surface area contributed by atoms with Crippen LogP contribution in [0.4, 0.5) is 17.1 Å². The van der Waals surface area contributed by atoms with Crippen LogP contribution in [0.15, 0.2) is 247 Å². The summed E-state index contributed by atoms with van der Waals surface area (Å²) in [7, 11) is 0. The van der Waals surface area contributed by atoms with Crippen LogP contribution in [-0.2, 0) is 16.2 Å². The zero-order valence-electron chi connectivity index (χ0n) is 44.9. The summed E-state index contributed by atoms with van der Waals surface area (Å²) in [5, 5.41) is 4.81. The minimum absolute atomic E-state index is 0.0698. The van der Waals surface area contributed by atoms with Crippen LogP contribution < -0.4 is 4.90 Å². The van der Waals surface area contributed by atoms with Crippen molar-refractivity contribution in [3.63, 3.8) is 0 Å². The molecule has 2 aromatic heterocycles. The van der Waals surface area contributed by atoms with Crippen molar-refractivity contribution in [1.29, 1.82) is 0 Å². The Hall–Kier alpha value is -9.18. The summed E-state index contributed by atoms with van der Waals surface area (Å²) in [6.45, 7) is 14.0. The first-order valence-corrected chi connectivity index (χ1v) is 27.5. The van der Waals surface area contributed by atoms with Gasteiger partial charge in [-0.05, 0) is 150 Å². The molecule has 2 heterocycles. The highest BCUT2D eigenvalue weighted by atomic mass is 16.3. The number of hydrogen-bond donors (Lipinski definition) is 0. The predicted octanol–water partition coefficient (Wildman–Crippen LogP) is 20.4. The lowest BCUT2D eigenvalue weighted by molar-refractivity contribution is 0.586. The van der Waals surface area contributed by atoms with Crippen molar-refractivity contribution in [2.45, 2.75) is 57.8 Å². The maximum absolute atomic E-state index is 7.05. The van der Waals surface area contributed by atoms with Gasteiger partial charge in [0.05, 0.1) is 16.4 Å². The van der Waals surface area contributed by atoms with Crippen LogP contribution in [-0.4, -0.2) is 4.57 Å². The van der Waals surface area contributed by atoms with Crippen molar-refractivity contribution in [2.24, 2.45) is 0 Å². The van der Waals surface area contributed by atoms with Crippen LogP contribution in [0.2, 0.25) is 0 Å². The second-order valence-corrected chi connectivity index (χ2v) is 23.7. The predicted molar refractivity (Wildman–Crippen MR) is 327 cm³/mol. The van der Waals surface area contributed by atoms with Crippen LogP contribution >= 0.6 is 0 Å². The highest BCUT2D eigenvalue weighted by molar-refractivity contribution is 6.14. The molecule has 0 radical (unpaired) electrons. The van der Waals surface area contributed by atoms with Gasteiger partial charge in [0, 0.05) is 49.9 Å². The van der Waals surface area contributed by atoms with Gasteiger partial charge in [0.25, 0.3) is 0 Å². The zero-order chi connectivity index (χ0) is 52.7. The maximum Gasteiger partial charge on any atom is 0.143 e. The highest BCUT2D eigenvalue weighted by Crippen LogP contribution is 2.65. The monoisotopic (exact) mass is 1000 g/mol. The second kappa shape index (κ2) is 16.9. The Morgan fingerprint density at radius 2 is 0.821 bits per heavy atom. The van der Waals surface area contributed by atoms with Gasteiger partial charge in [0.15, 0.2) is 0 Å². The van der Waals surface area contributed by atoms with Crippen LogP contribution in [0.1, 0.15) is 74.9 Å². The normalized spacial score (nSPS) is 13.4. The fourth-order valence-electron chi connectivity index (χ4n) is 13.2. The molecular weight excluding hydrogens is 945 g/mol. The van der Waals surface area contributed by atoms with E-state index < -0.39 is 5.41 Å². The lowest BCUT2D eigenvalue weighted by Gasteiger charge is -2.34. The molecule has 0 bridgehead atoms. The molecule has 3 nitrogen and oxygen atoms in total. The number of aromatic nitrogens is 1. The fourth-order valence-corrected chi connectivity index (χ4v) is 13.2. The third-order valence-corrected chi connectivity index (χ3v) is 17.2. The first-order chi connectivity index (χ1) is 37.9. The molecule has 2 aliphatic rings. The largest absolute Gasteiger partial charge is 0.455 e. The second-order valence-electron chi connectivity index (χ2n) is 23.7. The van der Waals surface area contributed by atoms with Crippen LogP contribution in [0.25, 0.3) is 93.9 Å². The van der Waals surface area contributed by atoms with Gasteiger partial charge >= 0.3 is 0 Å². The van der Waals surface area contributed by atoms with E-state index in [2.05, 4.69) is 294 Å². The van der Waals surface area contributed by atoms with E-state index in [0.717, 1.165) is 50.3 Å². The zero-order valence-corrected chi connectivity index (χ0v) is 44.9. The summed E-state index contributed by atoms with van der Waals surface area (Å²) in [5.41, 5.74) is 25.4. The third kappa shape index (κ3) is 6.83. The number of hydrogen-bond acceptors (Lipinski definition) is 2. The summed E-state index contributed by atoms with van der Waals surface area (Å²) in [5.74, 6) is 0. The maximum atomic E-state index is 7.05. The molecule has 0 N–H and O–H groups in total. The molecule has 3 heteroatoms. The first-order valence-electron chi connectivity index (χ1n) is 27.5. The third-order valence-electron chi connectivity index (χ3n) is 17.2. The number of rotatable bonds is 6. The number of benzene rings is 11. The standard InChI is InChI=1S/C75H58N2O/c1-73(2,3)51-30-39-57-58-40-31-52(74(4,5)6)45-66(58)75(65(57)44-51)64-43-42-62-61-20-12-15-23-70(61)78-72(62)71(64)63-41-38-56(46-67(63)75)76(53-32-24-48(25-33-53)47-16-8-7-9-17-47)54-34-26-49(27-35-54)50-28-36-55(37-29-50)77-68-21-13-10-18-59(68)60-19-11-14-22-69(60)77/h7-46H,1-6H3. The van der Waals surface area contributed by atoms with Gasteiger partial charge in [0.1, 0.15) is 11.2 Å². The molecule has 0 aliphatic heterocycles. The summed E-state index contributed by atoms with van der Waals surface area (Å²) < 4.78 is 9.43. The van der Waals surface area contributed by atoms with Gasteiger partial charge in [0.2, 0.25) is 0 Å². The number of nitrogens with zero attached hydrogens (tertiary/aromatic N) is 2. The summed E-state index contributed by atoms with van der Waals surface area (Å²) in [4.78, 5) is 2.45. The Kier molecular flexibility index (Phi) is 10.0. The molecule has 0 amide bonds. The van der Waals surface area contributed by atoms with E-state index >= 15 is 0 Å². The van der Waals surface area contributed by atoms with E-state index in [4.69, 9.17) is 4.42 Å². The molecule has 374 valence electrons. The molecule has 0 unspecified atom stereocenters. The van der Waals surface area contributed by atoms with Crippen molar-refractivity contribution < 1.29 is 4.42 Å². The summed E-state index contributed by atoms with van der Waals surface area (Å²) >= 11 is 0. The van der Waals surface area contributed by atoms with Crippen LogP contribution in [0.5, 0.6) is 0 Å². The summed E-state index contributed by atoms with van der Waals surface area (Å²) in [6, 6.07) is 90.5. The molecular formula is C75H58N2O. The van der Waals surface area contributed by atoms with Crippen molar-refractivity contribution in [1.82, 2.24) is 4.57 Å². The molecule has 0 saturated carbocycles. The molecule has 13 aromatic rings. The minimum Gasteiger partial charge on any atom is -0.455 e. The van der Waals surface area contributed by atoms with Gasteiger partial charge < -0.3 is 13.9 Å². The van der Waals surface area contributed by atoms with Gasteiger partial charge in [-0.25, -0.2) is 0 Å². The fraction of sp³-hybridized carbons (Fsp3) is 0.120. The Morgan fingerprint density at radius 1 is 0.359 bits per heavy atom. The van der Waals surface area contributed by atoms with Crippen LogP contribution in [0.3, 0.4) is 0 Å². The van der Waals surface area contributed by atoms with E-state index in [1.807, 2.05) is 0 Å². The molecule has 1 spiro atoms. The molecule has 15 rings (SSSR count). The lowest BCUT2D eigenvalue weighted by Crippen LogP contribution is -2.27. The smallest absolute Gasteiger partial charge is 0.143 e. The van der Waals surface area contributed by atoms with Crippen molar-refractivity contribution in [2.75, 3.05) is 4.90 Å². The van der Waals surface area contributed by atoms with E-state index in [0.29, 0.717) is 0 Å².